The van der Waals surface area contributed by atoms with Crippen molar-refractivity contribution in [2.75, 3.05) is 31.1 Å². The van der Waals surface area contributed by atoms with Crippen LogP contribution in [0.3, 0.4) is 0 Å². The molecule has 0 saturated carbocycles. The average Bonchev–Trinajstić information content (AvgIpc) is 3.39. The molecule has 2 atom stereocenters. The lowest BCUT2D eigenvalue weighted by atomic mass is 10.1. The van der Waals surface area contributed by atoms with Crippen molar-refractivity contribution in [2.45, 2.75) is 38.0 Å². The van der Waals surface area contributed by atoms with Crippen molar-refractivity contribution < 1.29 is 50.9 Å². The summed E-state index contributed by atoms with van der Waals surface area (Å²) >= 11 is 1.88. The van der Waals surface area contributed by atoms with Gasteiger partial charge in [0.1, 0.15) is 0 Å². The first-order valence-corrected chi connectivity index (χ1v) is 11.0. The molecule has 36 heavy (non-hydrogen) atoms. The van der Waals surface area contributed by atoms with E-state index in [2.05, 4.69) is 38.8 Å². The molecule has 2 aliphatic heterocycles. The first kappa shape index (κ1) is 29.3. The Balaban J connectivity index is 0.000000271. The van der Waals surface area contributed by atoms with Gasteiger partial charge in [0.25, 0.3) is 0 Å². The average molecular weight is 544 g/mol. The molecule has 2 saturated heterocycles. The third-order valence-corrected chi connectivity index (χ3v) is 5.83. The maximum Gasteiger partial charge on any atom is 0.490 e. The summed E-state index contributed by atoms with van der Waals surface area (Å²) in [6.45, 7) is 6.81. The fourth-order valence-electron chi connectivity index (χ4n) is 3.37. The Morgan fingerprint density at radius 3 is 2.08 bits per heavy atom. The number of alkyl halides is 6. The second kappa shape index (κ2) is 12.3. The number of rotatable bonds is 3. The van der Waals surface area contributed by atoms with Crippen LogP contribution in [0.25, 0.3) is 0 Å². The topological polar surface area (TPSA) is 116 Å². The van der Waals surface area contributed by atoms with E-state index in [1.165, 1.54) is 9.75 Å². The van der Waals surface area contributed by atoms with Crippen molar-refractivity contribution in [1.82, 2.24) is 14.9 Å². The molecule has 0 aliphatic carbocycles. The predicted molar refractivity (Wildman–Crippen MR) is 115 cm³/mol. The number of aliphatic carboxylic acids is 2. The SMILES string of the molecule is Cc1ccc(CN2C[C@@H]3OCCN(c4ncccn4)[C@@H]3C2)s1.O=C(O)C(F)(F)F.O=C(O)C(F)(F)F. The molecular weight excluding hydrogens is 522 g/mol. The second-order valence-corrected chi connectivity index (χ2v) is 8.90. The highest BCUT2D eigenvalue weighted by atomic mass is 32.1. The Kier molecular flexibility index (Phi) is 10.0. The molecule has 2 aromatic heterocycles. The number of aromatic nitrogens is 2. The first-order valence-electron chi connectivity index (χ1n) is 10.2. The van der Waals surface area contributed by atoms with Gasteiger partial charge in [-0.3, -0.25) is 4.90 Å². The first-order chi connectivity index (χ1) is 16.7. The van der Waals surface area contributed by atoms with E-state index in [1.807, 2.05) is 29.8 Å². The van der Waals surface area contributed by atoms with Gasteiger partial charge in [-0.1, -0.05) is 0 Å². The van der Waals surface area contributed by atoms with Gasteiger partial charge < -0.3 is 19.8 Å². The van der Waals surface area contributed by atoms with Crippen molar-refractivity contribution in [1.29, 1.82) is 0 Å². The van der Waals surface area contributed by atoms with E-state index >= 15 is 0 Å². The lowest BCUT2D eigenvalue weighted by molar-refractivity contribution is -0.193. The summed E-state index contributed by atoms with van der Waals surface area (Å²) in [5.74, 6) is -4.69. The number of hydrogen-bond donors (Lipinski definition) is 2. The number of morpholine rings is 1. The molecule has 2 fully saturated rings. The van der Waals surface area contributed by atoms with Gasteiger partial charge in [-0.25, -0.2) is 19.6 Å². The summed E-state index contributed by atoms with van der Waals surface area (Å²) in [4.78, 5) is 34.2. The highest BCUT2D eigenvalue weighted by molar-refractivity contribution is 7.11. The minimum absolute atomic E-state index is 0.263. The third-order valence-electron chi connectivity index (χ3n) is 4.85. The van der Waals surface area contributed by atoms with Crippen LogP contribution in [-0.4, -0.2) is 87.8 Å². The number of ether oxygens (including phenoxy) is 1. The maximum absolute atomic E-state index is 10.6. The predicted octanol–water partition coefficient (Wildman–Crippen LogP) is 3.20. The number of carboxylic acids is 2. The van der Waals surface area contributed by atoms with Gasteiger partial charge in [-0.15, -0.1) is 11.3 Å². The number of nitrogens with zero attached hydrogens (tertiary/aromatic N) is 4. The van der Waals surface area contributed by atoms with Gasteiger partial charge in [0.15, 0.2) is 0 Å². The van der Waals surface area contributed by atoms with Crippen LogP contribution in [0.1, 0.15) is 9.75 Å². The Hall–Kier alpha value is -2.98. The van der Waals surface area contributed by atoms with Crippen molar-refractivity contribution in [3.63, 3.8) is 0 Å². The zero-order valence-corrected chi connectivity index (χ0v) is 19.5. The van der Waals surface area contributed by atoms with Gasteiger partial charge in [-0.2, -0.15) is 26.3 Å². The molecule has 2 aliphatic rings. The molecule has 16 heteroatoms. The number of hydrogen-bond acceptors (Lipinski definition) is 8. The van der Waals surface area contributed by atoms with Gasteiger partial charge in [0.05, 0.1) is 18.8 Å². The zero-order chi connectivity index (χ0) is 27.1. The van der Waals surface area contributed by atoms with Crippen LogP contribution in [0.15, 0.2) is 30.6 Å². The molecule has 0 radical (unpaired) electrons. The number of anilines is 1. The number of thiophene rings is 1. The highest BCUT2D eigenvalue weighted by Crippen LogP contribution is 2.28. The van der Waals surface area contributed by atoms with E-state index in [-0.39, 0.29) is 6.10 Å². The molecule has 0 bridgehead atoms. The monoisotopic (exact) mass is 544 g/mol. The largest absolute Gasteiger partial charge is 0.490 e. The van der Waals surface area contributed by atoms with Crippen LogP contribution in [0.2, 0.25) is 0 Å². The van der Waals surface area contributed by atoms with Crippen LogP contribution < -0.4 is 4.90 Å². The van der Waals surface area contributed by atoms with Crippen LogP contribution in [0, 0.1) is 6.92 Å². The van der Waals surface area contributed by atoms with Gasteiger partial charge >= 0.3 is 24.3 Å². The van der Waals surface area contributed by atoms with E-state index in [4.69, 9.17) is 24.5 Å². The normalized spacial score (nSPS) is 19.9. The van der Waals surface area contributed by atoms with Crippen LogP contribution >= 0.6 is 11.3 Å². The quantitative estimate of drug-likeness (QED) is 0.562. The van der Waals surface area contributed by atoms with Crippen LogP contribution in [0.5, 0.6) is 0 Å². The minimum atomic E-state index is -5.08. The van der Waals surface area contributed by atoms with Crippen LogP contribution in [-0.2, 0) is 20.9 Å². The number of halogens is 6. The van der Waals surface area contributed by atoms with Gasteiger partial charge in [0, 0.05) is 48.3 Å². The summed E-state index contributed by atoms with van der Waals surface area (Å²) < 4.78 is 69.5. The Morgan fingerprint density at radius 1 is 1.06 bits per heavy atom. The standard InChI is InChI=1S/C16H20N4OS.2C2HF3O2/c1-12-3-4-13(22-12)9-19-10-14-15(11-19)21-8-7-20(14)16-17-5-2-6-18-16;2*3-2(4,5)1(6)7/h2-6,14-15H,7-11H2,1H3;2*(H,6,7)/t14-,15+;;/m1../s1. The fraction of sp³-hybridized carbons (Fsp3) is 0.500. The van der Waals surface area contributed by atoms with Gasteiger partial charge in [-0.05, 0) is 25.1 Å². The van der Waals surface area contributed by atoms with Crippen molar-refractivity contribution in [3.05, 3.63) is 40.3 Å². The minimum Gasteiger partial charge on any atom is -0.475 e. The highest BCUT2D eigenvalue weighted by Gasteiger charge is 2.41. The molecule has 200 valence electrons. The fourth-order valence-corrected chi connectivity index (χ4v) is 4.30. The lowest BCUT2D eigenvalue weighted by Gasteiger charge is -2.36. The van der Waals surface area contributed by atoms with Crippen molar-refractivity contribution in [3.8, 4) is 0 Å². The summed E-state index contributed by atoms with van der Waals surface area (Å²) in [5, 5.41) is 14.2. The van der Waals surface area contributed by atoms with E-state index in [9.17, 15) is 26.3 Å². The summed E-state index contributed by atoms with van der Waals surface area (Å²) in [5.41, 5.74) is 0. The number of carbonyl (C=O) groups is 2. The molecule has 0 amide bonds. The summed E-state index contributed by atoms with van der Waals surface area (Å²) in [6, 6.07) is 6.66. The van der Waals surface area contributed by atoms with E-state index < -0.39 is 24.3 Å². The van der Waals surface area contributed by atoms with E-state index in [0.717, 1.165) is 38.7 Å². The van der Waals surface area contributed by atoms with Crippen LogP contribution in [0.4, 0.5) is 32.3 Å². The molecule has 0 spiro atoms. The Bertz CT molecular complexity index is 980. The molecule has 0 unspecified atom stereocenters. The van der Waals surface area contributed by atoms with Crippen molar-refractivity contribution >= 4 is 29.2 Å². The molecular formula is C20H22F6N4O5S. The van der Waals surface area contributed by atoms with E-state index in [0.29, 0.717) is 6.04 Å². The van der Waals surface area contributed by atoms with Crippen molar-refractivity contribution in [2.24, 2.45) is 0 Å². The number of aryl methyl sites for hydroxylation is 1. The molecule has 2 aromatic rings. The Labute approximate surface area is 204 Å². The zero-order valence-electron chi connectivity index (χ0n) is 18.7. The second-order valence-electron chi connectivity index (χ2n) is 7.53. The molecule has 0 aromatic carbocycles. The number of likely N-dealkylation sites (tertiary alicyclic amines) is 1. The summed E-state index contributed by atoms with van der Waals surface area (Å²) in [7, 11) is 0. The third kappa shape index (κ3) is 8.91. The van der Waals surface area contributed by atoms with E-state index in [1.54, 1.807) is 0 Å². The molecule has 9 nitrogen and oxygen atoms in total. The maximum atomic E-state index is 10.6. The number of fused-ring (bicyclic) bond motifs is 1. The van der Waals surface area contributed by atoms with Gasteiger partial charge in [0.2, 0.25) is 5.95 Å². The molecule has 4 rings (SSSR count). The lowest BCUT2D eigenvalue weighted by Crippen LogP contribution is -2.51. The number of carboxylic acid groups (broad SMARTS) is 2. The Morgan fingerprint density at radius 2 is 1.61 bits per heavy atom. The smallest absolute Gasteiger partial charge is 0.475 e. The molecule has 2 N–H and O–H groups in total. The molecule has 4 heterocycles. The summed E-state index contributed by atoms with van der Waals surface area (Å²) in [6.07, 6.45) is -6.28.